The van der Waals surface area contributed by atoms with Crippen LogP contribution in [0, 0.1) is 0 Å². The molecule has 0 aliphatic rings. The van der Waals surface area contributed by atoms with Crippen LogP contribution < -0.4 is 10.1 Å². The Kier molecular flexibility index (Phi) is 4.25. The van der Waals surface area contributed by atoms with Crippen molar-refractivity contribution in [1.29, 1.82) is 0 Å². The first-order chi connectivity index (χ1) is 9.51. The molecule has 0 spiro atoms. The molecule has 106 valence electrons. The average Bonchev–Trinajstić information content (AvgIpc) is 2.43. The summed E-state index contributed by atoms with van der Waals surface area (Å²) in [7, 11) is 1.51. The van der Waals surface area contributed by atoms with Gasteiger partial charge in [0.15, 0.2) is 11.5 Å². The molecule has 1 atom stereocenters. The van der Waals surface area contributed by atoms with Gasteiger partial charge in [0.25, 0.3) is 0 Å². The van der Waals surface area contributed by atoms with Crippen LogP contribution in [0.5, 0.6) is 17.2 Å². The lowest BCUT2D eigenvalue weighted by Gasteiger charge is -2.17. The highest BCUT2D eigenvalue weighted by atomic mass is 35.5. The average molecular weight is 294 g/mol. The van der Waals surface area contributed by atoms with Gasteiger partial charge in [0.1, 0.15) is 5.75 Å². The third kappa shape index (κ3) is 3.08. The van der Waals surface area contributed by atoms with E-state index in [2.05, 4.69) is 5.32 Å². The third-order valence-electron chi connectivity index (χ3n) is 3.03. The van der Waals surface area contributed by atoms with Crippen molar-refractivity contribution >= 4 is 17.3 Å². The molecule has 0 amide bonds. The van der Waals surface area contributed by atoms with Crippen LogP contribution in [0.3, 0.4) is 0 Å². The number of rotatable bonds is 4. The molecule has 4 nitrogen and oxygen atoms in total. The van der Waals surface area contributed by atoms with Gasteiger partial charge in [-0.15, -0.1) is 0 Å². The summed E-state index contributed by atoms with van der Waals surface area (Å²) in [6.07, 6.45) is 0. The van der Waals surface area contributed by atoms with E-state index in [4.69, 9.17) is 16.3 Å². The van der Waals surface area contributed by atoms with Crippen LogP contribution in [0.1, 0.15) is 18.5 Å². The minimum atomic E-state index is -0.00916. The summed E-state index contributed by atoms with van der Waals surface area (Å²) in [5, 5.41) is 22.5. The number of ether oxygens (including phenoxy) is 1. The Bertz CT molecular complexity index is 616. The molecule has 1 unspecified atom stereocenters. The predicted molar refractivity (Wildman–Crippen MR) is 79.8 cm³/mol. The number of anilines is 1. The Morgan fingerprint density at radius 2 is 1.80 bits per heavy atom. The van der Waals surface area contributed by atoms with Crippen LogP contribution in [0.2, 0.25) is 5.02 Å². The van der Waals surface area contributed by atoms with Crippen molar-refractivity contribution in [1.82, 2.24) is 0 Å². The fourth-order valence-corrected chi connectivity index (χ4v) is 2.07. The van der Waals surface area contributed by atoms with Crippen LogP contribution in [-0.4, -0.2) is 17.3 Å². The van der Waals surface area contributed by atoms with Gasteiger partial charge in [-0.1, -0.05) is 17.7 Å². The zero-order chi connectivity index (χ0) is 14.7. The molecule has 2 aromatic rings. The Morgan fingerprint density at radius 1 is 1.10 bits per heavy atom. The summed E-state index contributed by atoms with van der Waals surface area (Å²) < 4.78 is 5.09. The third-order valence-corrected chi connectivity index (χ3v) is 3.34. The highest BCUT2D eigenvalue weighted by molar-refractivity contribution is 6.32. The second kappa shape index (κ2) is 5.92. The standard InChI is InChI=1S/C15H16ClNO3/c1-9(10-3-5-14(19)15(7-10)20-2)17-11-4-6-13(18)12(16)8-11/h3-9,17-19H,1-2H3. The van der Waals surface area contributed by atoms with E-state index in [0.29, 0.717) is 10.8 Å². The SMILES string of the molecule is COc1cc(C(C)Nc2ccc(O)c(Cl)c2)ccc1O. The number of nitrogens with one attached hydrogen (secondary N) is 1. The first kappa shape index (κ1) is 14.3. The number of halogens is 1. The molecule has 0 radical (unpaired) electrons. The van der Waals surface area contributed by atoms with Gasteiger partial charge in [-0.2, -0.15) is 0 Å². The largest absolute Gasteiger partial charge is 0.506 e. The quantitative estimate of drug-likeness (QED) is 0.747. The molecule has 2 aromatic carbocycles. The zero-order valence-electron chi connectivity index (χ0n) is 11.2. The minimum Gasteiger partial charge on any atom is -0.506 e. The van der Waals surface area contributed by atoms with Crippen molar-refractivity contribution in [3.63, 3.8) is 0 Å². The number of phenolic OH excluding ortho intramolecular Hbond substituents is 2. The molecule has 0 aliphatic heterocycles. The normalized spacial score (nSPS) is 11.9. The monoisotopic (exact) mass is 293 g/mol. The summed E-state index contributed by atoms with van der Waals surface area (Å²) in [5.74, 6) is 0.590. The Labute approximate surface area is 122 Å². The maximum atomic E-state index is 9.58. The molecule has 0 saturated carbocycles. The van der Waals surface area contributed by atoms with Crippen molar-refractivity contribution in [2.24, 2.45) is 0 Å². The van der Waals surface area contributed by atoms with E-state index in [1.54, 1.807) is 24.3 Å². The topological polar surface area (TPSA) is 61.7 Å². The molecule has 0 saturated heterocycles. The second-order valence-electron chi connectivity index (χ2n) is 4.46. The summed E-state index contributed by atoms with van der Waals surface area (Å²) in [5.41, 5.74) is 1.76. The van der Waals surface area contributed by atoms with Gasteiger partial charge in [-0.05, 0) is 42.8 Å². The lowest BCUT2D eigenvalue weighted by atomic mass is 10.1. The van der Waals surface area contributed by atoms with Gasteiger partial charge in [0, 0.05) is 11.7 Å². The maximum Gasteiger partial charge on any atom is 0.160 e. The maximum absolute atomic E-state index is 9.58. The van der Waals surface area contributed by atoms with E-state index in [-0.39, 0.29) is 17.5 Å². The van der Waals surface area contributed by atoms with Gasteiger partial charge in [-0.3, -0.25) is 0 Å². The molecule has 2 rings (SSSR count). The summed E-state index contributed by atoms with van der Waals surface area (Å²) in [6.45, 7) is 1.98. The molecule has 0 aliphatic carbocycles. The highest BCUT2D eigenvalue weighted by Crippen LogP contribution is 2.31. The predicted octanol–water partition coefficient (Wildman–Crippen LogP) is 3.93. The van der Waals surface area contributed by atoms with Crippen molar-refractivity contribution in [3.05, 3.63) is 47.0 Å². The molecular formula is C15H16ClNO3. The second-order valence-corrected chi connectivity index (χ2v) is 4.87. The van der Waals surface area contributed by atoms with Gasteiger partial charge < -0.3 is 20.3 Å². The molecule has 0 heterocycles. The number of hydrogen-bond donors (Lipinski definition) is 3. The smallest absolute Gasteiger partial charge is 0.160 e. The molecular weight excluding hydrogens is 278 g/mol. The van der Waals surface area contributed by atoms with Crippen LogP contribution in [-0.2, 0) is 0 Å². The zero-order valence-corrected chi connectivity index (χ0v) is 12.0. The van der Waals surface area contributed by atoms with E-state index < -0.39 is 0 Å². The number of methoxy groups -OCH3 is 1. The molecule has 0 fully saturated rings. The summed E-state index contributed by atoms with van der Waals surface area (Å²) >= 11 is 5.87. The summed E-state index contributed by atoms with van der Waals surface area (Å²) in [4.78, 5) is 0. The van der Waals surface area contributed by atoms with Crippen LogP contribution in [0.25, 0.3) is 0 Å². The number of benzene rings is 2. The van der Waals surface area contributed by atoms with Gasteiger partial charge in [-0.25, -0.2) is 0 Å². The Balaban J connectivity index is 2.19. The van der Waals surface area contributed by atoms with Crippen LogP contribution in [0.15, 0.2) is 36.4 Å². The van der Waals surface area contributed by atoms with Gasteiger partial charge >= 0.3 is 0 Å². The van der Waals surface area contributed by atoms with E-state index in [0.717, 1.165) is 11.3 Å². The Hall–Kier alpha value is -2.07. The molecule has 0 aromatic heterocycles. The number of phenols is 2. The van der Waals surface area contributed by atoms with Crippen molar-refractivity contribution < 1.29 is 14.9 Å². The fraction of sp³-hybridized carbons (Fsp3) is 0.200. The van der Waals surface area contributed by atoms with Gasteiger partial charge in [0.2, 0.25) is 0 Å². The molecule has 20 heavy (non-hydrogen) atoms. The van der Waals surface area contributed by atoms with Crippen LogP contribution in [0.4, 0.5) is 5.69 Å². The molecule has 3 N–H and O–H groups in total. The molecule has 5 heteroatoms. The Morgan fingerprint density at radius 3 is 2.45 bits per heavy atom. The first-order valence-electron chi connectivity index (χ1n) is 6.13. The van der Waals surface area contributed by atoms with Crippen LogP contribution >= 0.6 is 11.6 Å². The highest BCUT2D eigenvalue weighted by Gasteiger charge is 2.10. The number of aromatic hydroxyl groups is 2. The minimum absolute atomic E-state index is 0.00916. The summed E-state index contributed by atoms with van der Waals surface area (Å²) in [6, 6.07) is 10.1. The lowest BCUT2D eigenvalue weighted by Crippen LogP contribution is -2.06. The van der Waals surface area contributed by atoms with E-state index in [1.807, 2.05) is 13.0 Å². The molecule has 0 bridgehead atoms. The number of hydrogen-bond acceptors (Lipinski definition) is 4. The fourth-order valence-electron chi connectivity index (χ4n) is 1.89. The van der Waals surface area contributed by atoms with Crippen molar-refractivity contribution in [3.8, 4) is 17.2 Å². The van der Waals surface area contributed by atoms with E-state index >= 15 is 0 Å². The van der Waals surface area contributed by atoms with Crippen molar-refractivity contribution in [2.45, 2.75) is 13.0 Å². The van der Waals surface area contributed by atoms with E-state index in [9.17, 15) is 10.2 Å². The van der Waals surface area contributed by atoms with Crippen molar-refractivity contribution in [2.75, 3.05) is 12.4 Å². The van der Waals surface area contributed by atoms with Gasteiger partial charge in [0.05, 0.1) is 12.1 Å². The first-order valence-corrected chi connectivity index (χ1v) is 6.51. The van der Waals surface area contributed by atoms with E-state index in [1.165, 1.54) is 13.2 Å². The lowest BCUT2D eigenvalue weighted by molar-refractivity contribution is 0.373.